The quantitative estimate of drug-likeness (QED) is 0.898. The first-order valence-corrected chi connectivity index (χ1v) is 7.42. The summed E-state index contributed by atoms with van der Waals surface area (Å²) >= 11 is 0. The summed E-state index contributed by atoms with van der Waals surface area (Å²) in [4.78, 5) is 13.8. The van der Waals surface area contributed by atoms with Crippen LogP contribution in [0.5, 0.6) is 5.75 Å². The smallest absolute Gasteiger partial charge is 0.325 e. The van der Waals surface area contributed by atoms with E-state index in [-0.39, 0.29) is 0 Å². The van der Waals surface area contributed by atoms with Gasteiger partial charge in [0.25, 0.3) is 0 Å². The first kappa shape index (κ1) is 14.9. The highest BCUT2D eigenvalue weighted by molar-refractivity contribution is 5.76. The van der Waals surface area contributed by atoms with E-state index in [0.717, 1.165) is 31.5 Å². The number of aliphatic carboxylic acids is 1. The predicted molar refractivity (Wildman–Crippen MR) is 78.0 cm³/mol. The monoisotopic (exact) mass is 277 g/mol. The summed E-state index contributed by atoms with van der Waals surface area (Å²) in [5.74, 6) is -0.106. The van der Waals surface area contributed by atoms with Crippen LogP contribution in [0.15, 0.2) is 24.3 Å². The Kier molecular flexibility index (Phi) is 5.41. The molecule has 1 unspecified atom stereocenters. The highest BCUT2D eigenvalue weighted by Gasteiger charge is 2.30. The van der Waals surface area contributed by atoms with Crippen LogP contribution in [-0.4, -0.2) is 35.7 Å². The molecule has 4 nitrogen and oxygen atoms in total. The third-order valence-electron chi connectivity index (χ3n) is 3.75. The van der Waals surface area contributed by atoms with Crippen LogP contribution in [0, 0.1) is 0 Å². The highest BCUT2D eigenvalue weighted by Crippen LogP contribution is 2.31. The van der Waals surface area contributed by atoms with Gasteiger partial charge in [-0.3, -0.25) is 9.69 Å². The molecule has 0 saturated carbocycles. The Morgan fingerprint density at radius 3 is 2.50 bits per heavy atom. The fraction of sp³-hybridized carbons (Fsp3) is 0.562. The number of rotatable bonds is 5. The van der Waals surface area contributed by atoms with Crippen LogP contribution < -0.4 is 4.74 Å². The Balaban J connectivity index is 2.30. The minimum absolute atomic E-state index is 0.545. The molecule has 1 fully saturated rings. The number of carboxylic acid groups (broad SMARTS) is 1. The number of para-hydroxylation sites is 1. The fourth-order valence-electron chi connectivity index (χ4n) is 2.83. The molecule has 4 heteroatoms. The van der Waals surface area contributed by atoms with Gasteiger partial charge in [0.1, 0.15) is 11.8 Å². The molecule has 1 N–H and O–H groups in total. The maximum absolute atomic E-state index is 11.8. The number of carbonyl (C=O) groups is 1. The number of nitrogens with zero attached hydrogens (tertiary/aromatic N) is 1. The molecule has 1 aliphatic heterocycles. The van der Waals surface area contributed by atoms with E-state index in [0.29, 0.717) is 12.4 Å². The van der Waals surface area contributed by atoms with E-state index in [2.05, 4.69) is 4.90 Å². The molecule has 20 heavy (non-hydrogen) atoms. The van der Waals surface area contributed by atoms with Crippen molar-refractivity contribution in [2.24, 2.45) is 0 Å². The normalized spacial score (nSPS) is 18.2. The van der Waals surface area contributed by atoms with Crippen molar-refractivity contribution in [3.63, 3.8) is 0 Å². The Morgan fingerprint density at radius 1 is 1.25 bits per heavy atom. The van der Waals surface area contributed by atoms with Crippen LogP contribution in [0.4, 0.5) is 0 Å². The summed E-state index contributed by atoms with van der Waals surface area (Å²) in [6.45, 7) is 4.15. The van der Waals surface area contributed by atoms with Crippen LogP contribution in [0.2, 0.25) is 0 Å². The van der Waals surface area contributed by atoms with Gasteiger partial charge in [-0.05, 0) is 38.9 Å². The third kappa shape index (κ3) is 3.51. The average molecular weight is 277 g/mol. The van der Waals surface area contributed by atoms with Crippen LogP contribution in [0.1, 0.15) is 44.2 Å². The number of carboxylic acids is 1. The number of hydrogen-bond donors (Lipinski definition) is 1. The summed E-state index contributed by atoms with van der Waals surface area (Å²) in [6, 6.07) is 6.89. The van der Waals surface area contributed by atoms with Gasteiger partial charge in [0.2, 0.25) is 0 Å². The van der Waals surface area contributed by atoms with Crippen LogP contribution >= 0.6 is 0 Å². The molecule has 0 radical (unpaired) electrons. The molecule has 0 amide bonds. The molecule has 0 aliphatic carbocycles. The van der Waals surface area contributed by atoms with Crippen molar-refractivity contribution in [1.82, 2.24) is 4.90 Å². The van der Waals surface area contributed by atoms with E-state index in [1.165, 1.54) is 12.8 Å². The number of hydrogen-bond acceptors (Lipinski definition) is 3. The maximum Gasteiger partial charge on any atom is 0.325 e. The van der Waals surface area contributed by atoms with E-state index in [1.807, 2.05) is 31.2 Å². The van der Waals surface area contributed by atoms with E-state index in [9.17, 15) is 9.90 Å². The summed E-state index contributed by atoms with van der Waals surface area (Å²) in [5, 5.41) is 9.67. The van der Waals surface area contributed by atoms with E-state index < -0.39 is 12.0 Å². The summed E-state index contributed by atoms with van der Waals surface area (Å²) in [7, 11) is 0. The van der Waals surface area contributed by atoms with Crippen molar-refractivity contribution in [3.8, 4) is 5.75 Å². The average Bonchev–Trinajstić information content (AvgIpc) is 2.70. The first-order chi connectivity index (χ1) is 9.74. The molecular formula is C16H23NO3. The zero-order valence-corrected chi connectivity index (χ0v) is 12.0. The molecule has 1 saturated heterocycles. The van der Waals surface area contributed by atoms with E-state index >= 15 is 0 Å². The molecule has 0 spiro atoms. The number of likely N-dealkylation sites (tertiary alicyclic amines) is 1. The van der Waals surface area contributed by atoms with Gasteiger partial charge in [-0.15, -0.1) is 0 Å². The standard InChI is InChI=1S/C16H23NO3/c1-2-20-14-10-6-5-9-13(14)15(16(18)19)17-11-7-3-4-8-12-17/h5-6,9-10,15H,2-4,7-8,11-12H2,1H3,(H,18,19). The zero-order chi connectivity index (χ0) is 14.4. The van der Waals surface area contributed by atoms with Gasteiger partial charge in [0, 0.05) is 5.56 Å². The molecular weight excluding hydrogens is 254 g/mol. The van der Waals surface area contributed by atoms with Gasteiger partial charge >= 0.3 is 5.97 Å². The Bertz CT molecular complexity index is 439. The molecule has 1 aromatic rings. The Hall–Kier alpha value is -1.55. The molecule has 1 atom stereocenters. The SMILES string of the molecule is CCOc1ccccc1C(C(=O)O)N1CCCCCC1. The fourth-order valence-corrected chi connectivity index (χ4v) is 2.83. The van der Waals surface area contributed by atoms with Gasteiger partial charge in [-0.2, -0.15) is 0 Å². The van der Waals surface area contributed by atoms with Crippen LogP contribution in [-0.2, 0) is 4.79 Å². The van der Waals surface area contributed by atoms with Crippen molar-refractivity contribution in [2.75, 3.05) is 19.7 Å². The first-order valence-electron chi connectivity index (χ1n) is 7.42. The Morgan fingerprint density at radius 2 is 1.90 bits per heavy atom. The van der Waals surface area contributed by atoms with E-state index in [4.69, 9.17) is 4.74 Å². The number of benzene rings is 1. The summed E-state index contributed by atoms with van der Waals surface area (Å²) < 4.78 is 5.60. The van der Waals surface area contributed by atoms with Crippen LogP contribution in [0.25, 0.3) is 0 Å². The topological polar surface area (TPSA) is 49.8 Å². The lowest BCUT2D eigenvalue weighted by atomic mass is 10.0. The largest absolute Gasteiger partial charge is 0.494 e. The molecule has 1 aliphatic rings. The van der Waals surface area contributed by atoms with Gasteiger partial charge in [0.15, 0.2) is 0 Å². The molecule has 2 rings (SSSR count). The second-order valence-corrected chi connectivity index (χ2v) is 5.16. The predicted octanol–water partition coefficient (Wildman–Crippen LogP) is 3.09. The lowest BCUT2D eigenvalue weighted by molar-refractivity contribution is -0.143. The van der Waals surface area contributed by atoms with Gasteiger partial charge in [-0.1, -0.05) is 31.0 Å². The van der Waals surface area contributed by atoms with Crippen LogP contribution in [0.3, 0.4) is 0 Å². The lowest BCUT2D eigenvalue weighted by Gasteiger charge is -2.28. The molecule has 1 heterocycles. The maximum atomic E-state index is 11.8. The lowest BCUT2D eigenvalue weighted by Crippen LogP contribution is -2.35. The molecule has 110 valence electrons. The molecule has 0 bridgehead atoms. The second kappa shape index (κ2) is 7.29. The van der Waals surface area contributed by atoms with Crippen molar-refractivity contribution in [2.45, 2.75) is 38.6 Å². The molecule has 0 aromatic heterocycles. The Labute approximate surface area is 120 Å². The number of ether oxygens (including phenoxy) is 1. The van der Waals surface area contributed by atoms with Crippen molar-refractivity contribution in [1.29, 1.82) is 0 Å². The van der Waals surface area contributed by atoms with Gasteiger partial charge < -0.3 is 9.84 Å². The minimum Gasteiger partial charge on any atom is -0.494 e. The molecule has 1 aromatic carbocycles. The minimum atomic E-state index is -0.793. The van der Waals surface area contributed by atoms with Gasteiger partial charge in [0.05, 0.1) is 6.61 Å². The van der Waals surface area contributed by atoms with Crippen molar-refractivity contribution in [3.05, 3.63) is 29.8 Å². The highest BCUT2D eigenvalue weighted by atomic mass is 16.5. The van der Waals surface area contributed by atoms with Gasteiger partial charge in [-0.25, -0.2) is 0 Å². The summed E-state index contributed by atoms with van der Waals surface area (Å²) in [5.41, 5.74) is 0.767. The summed E-state index contributed by atoms with van der Waals surface area (Å²) in [6.07, 6.45) is 4.52. The van der Waals surface area contributed by atoms with Crippen molar-refractivity contribution < 1.29 is 14.6 Å². The van der Waals surface area contributed by atoms with Crippen molar-refractivity contribution >= 4 is 5.97 Å². The second-order valence-electron chi connectivity index (χ2n) is 5.16. The third-order valence-corrected chi connectivity index (χ3v) is 3.75. The van der Waals surface area contributed by atoms with E-state index in [1.54, 1.807) is 0 Å². The zero-order valence-electron chi connectivity index (χ0n) is 12.0.